The minimum atomic E-state index is -1.49. The van der Waals surface area contributed by atoms with Gasteiger partial charge in [-0.05, 0) is 28.1 Å². The second kappa shape index (κ2) is 5.34. The largest absolute Gasteiger partial charge is 0.479 e. The average molecular weight is 279 g/mol. The molecule has 2 aromatic carbocycles. The summed E-state index contributed by atoms with van der Waals surface area (Å²) in [6.07, 6.45) is 2.06. The number of benzene rings is 2. The third-order valence-electron chi connectivity index (χ3n) is 3.45. The van der Waals surface area contributed by atoms with Crippen molar-refractivity contribution in [2.24, 2.45) is 0 Å². The Balaban J connectivity index is 2.06. The van der Waals surface area contributed by atoms with Crippen molar-refractivity contribution in [1.82, 2.24) is 4.98 Å². The Morgan fingerprint density at radius 3 is 2.52 bits per heavy atom. The normalized spacial score (nSPS) is 12.2. The molecule has 4 nitrogen and oxygen atoms in total. The Morgan fingerprint density at radius 2 is 1.81 bits per heavy atom. The molecule has 0 saturated heterocycles. The van der Waals surface area contributed by atoms with Crippen LogP contribution in [0.5, 0.6) is 0 Å². The van der Waals surface area contributed by atoms with Crippen LogP contribution in [0, 0.1) is 0 Å². The predicted molar refractivity (Wildman–Crippen MR) is 79.8 cm³/mol. The Bertz CT molecular complexity index is 791. The van der Waals surface area contributed by atoms with Crippen LogP contribution in [-0.2, 0) is 4.79 Å². The van der Waals surface area contributed by atoms with Crippen molar-refractivity contribution in [3.63, 3.8) is 0 Å². The van der Waals surface area contributed by atoms with E-state index in [0.717, 1.165) is 21.9 Å². The first-order chi connectivity index (χ1) is 10.2. The smallest absolute Gasteiger partial charge is 0.337 e. The van der Waals surface area contributed by atoms with Crippen LogP contribution in [0.15, 0.2) is 60.9 Å². The second-order valence-corrected chi connectivity index (χ2v) is 4.77. The van der Waals surface area contributed by atoms with Gasteiger partial charge in [-0.1, -0.05) is 42.5 Å². The van der Waals surface area contributed by atoms with Crippen LogP contribution in [-0.4, -0.2) is 21.2 Å². The molecule has 0 aliphatic carbocycles. The van der Waals surface area contributed by atoms with E-state index in [2.05, 4.69) is 4.98 Å². The van der Waals surface area contributed by atoms with E-state index in [1.165, 1.54) is 0 Å². The fraction of sp³-hybridized carbons (Fsp3) is 0.0588. The van der Waals surface area contributed by atoms with Crippen LogP contribution in [0.25, 0.3) is 21.9 Å². The molecule has 3 aromatic rings. The maximum absolute atomic E-state index is 10.8. The van der Waals surface area contributed by atoms with E-state index in [1.807, 2.05) is 36.4 Å². The van der Waals surface area contributed by atoms with Crippen molar-refractivity contribution >= 4 is 16.7 Å². The van der Waals surface area contributed by atoms with E-state index < -0.39 is 12.1 Å². The van der Waals surface area contributed by atoms with Crippen molar-refractivity contribution in [2.75, 3.05) is 0 Å². The van der Waals surface area contributed by atoms with Crippen molar-refractivity contribution in [3.8, 4) is 11.1 Å². The van der Waals surface area contributed by atoms with Crippen LogP contribution in [0.3, 0.4) is 0 Å². The number of aliphatic carboxylic acids is 1. The summed E-state index contributed by atoms with van der Waals surface area (Å²) in [5.74, 6) is -1.25. The number of aliphatic hydroxyl groups is 1. The maximum atomic E-state index is 10.8. The number of nitrogens with zero attached hydrogens (tertiary/aromatic N) is 1. The van der Waals surface area contributed by atoms with E-state index in [1.54, 1.807) is 24.5 Å². The van der Waals surface area contributed by atoms with Crippen molar-refractivity contribution in [1.29, 1.82) is 0 Å². The maximum Gasteiger partial charge on any atom is 0.337 e. The molecule has 1 heterocycles. The highest BCUT2D eigenvalue weighted by molar-refractivity contribution is 5.96. The topological polar surface area (TPSA) is 70.4 Å². The molecule has 0 amide bonds. The molecule has 0 bridgehead atoms. The molecule has 2 N–H and O–H groups in total. The van der Waals surface area contributed by atoms with E-state index >= 15 is 0 Å². The third kappa shape index (κ3) is 2.49. The lowest BCUT2D eigenvalue weighted by Crippen LogP contribution is -2.10. The molecule has 0 aliphatic heterocycles. The zero-order chi connectivity index (χ0) is 14.8. The molecule has 21 heavy (non-hydrogen) atoms. The Kier molecular flexibility index (Phi) is 3.38. The number of rotatable bonds is 3. The van der Waals surface area contributed by atoms with Gasteiger partial charge in [-0.3, -0.25) is 4.98 Å². The molecule has 3 rings (SSSR count). The minimum absolute atomic E-state index is 0.369. The summed E-state index contributed by atoms with van der Waals surface area (Å²) in [5, 5.41) is 20.5. The highest BCUT2D eigenvalue weighted by Gasteiger charge is 2.15. The number of carboxylic acids is 1. The number of fused-ring (bicyclic) bond motifs is 1. The van der Waals surface area contributed by atoms with Crippen LogP contribution < -0.4 is 0 Å². The third-order valence-corrected chi connectivity index (χ3v) is 3.45. The first-order valence-corrected chi connectivity index (χ1v) is 6.51. The molecule has 104 valence electrons. The molecule has 0 spiro atoms. The average Bonchev–Trinajstić information content (AvgIpc) is 2.53. The fourth-order valence-corrected chi connectivity index (χ4v) is 2.36. The lowest BCUT2D eigenvalue weighted by molar-refractivity contribution is -0.146. The molecule has 1 atom stereocenters. The van der Waals surface area contributed by atoms with Gasteiger partial charge in [0.25, 0.3) is 0 Å². The fourth-order valence-electron chi connectivity index (χ4n) is 2.36. The number of aliphatic hydroxyl groups excluding tert-OH is 1. The van der Waals surface area contributed by atoms with Gasteiger partial charge in [0.2, 0.25) is 0 Å². The highest BCUT2D eigenvalue weighted by Crippen LogP contribution is 2.29. The molecule has 1 aromatic heterocycles. The number of hydrogen-bond donors (Lipinski definition) is 2. The summed E-state index contributed by atoms with van der Waals surface area (Å²) in [6.45, 7) is 0. The van der Waals surface area contributed by atoms with E-state index in [9.17, 15) is 9.90 Å². The zero-order valence-electron chi connectivity index (χ0n) is 11.1. The van der Waals surface area contributed by atoms with Gasteiger partial charge >= 0.3 is 5.97 Å². The molecule has 0 saturated carbocycles. The summed E-state index contributed by atoms with van der Waals surface area (Å²) in [4.78, 5) is 14.9. The number of carboxylic acid groups (broad SMARTS) is 1. The minimum Gasteiger partial charge on any atom is -0.479 e. The summed E-state index contributed by atoms with van der Waals surface area (Å²) >= 11 is 0. The van der Waals surface area contributed by atoms with Gasteiger partial charge in [0, 0.05) is 17.8 Å². The first kappa shape index (κ1) is 13.3. The molecule has 1 unspecified atom stereocenters. The van der Waals surface area contributed by atoms with Crippen LogP contribution in [0.4, 0.5) is 0 Å². The van der Waals surface area contributed by atoms with Gasteiger partial charge in [0.05, 0.1) is 0 Å². The van der Waals surface area contributed by atoms with Crippen molar-refractivity contribution in [3.05, 3.63) is 66.5 Å². The Morgan fingerprint density at radius 1 is 1.05 bits per heavy atom. The van der Waals surface area contributed by atoms with Gasteiger partial charge < -0.3 is 10.2 Å². The highest BCUT2D eigenvalue weighted by atomic mass is 16.4. The van der Waals surface area contributed by atoms with Crippen LogP contribution in [0.2, 0.25) is 0 Å². The number of hydrogen-bond acceptors (Lipinski definition) is 3. The standard InChI is InChI=1S/C17H13NO3/c19-16(17(20)21)12-6-4-11(5-7-12)14-3-1-2-13-10-18-9-8-15(13)14/h1-10,16,19H,(H,20,21). The number of pyridine rings is 1. The molecule has 0 fully saturated rings. The second-order valence-electron chi connectivity index (χ2n) is 4.77. The zero-order valence-corrected chi connectivity index (χ0v) is 11.1. The van der Waals surface area contributed by atoms with E-state index in [-0.39, 0.29) is 0 Å². The van der Waals surface area contributed by atoms with Gasteiger partial charge in [0.1, 0.15) is 0 Å². The molecule has 0 radical (unpaired) electrons. The molecule has 4 heteroatoms. The lowest BCUT2D eigenvalue weighted by atomic mass is 9.97. The quantitative estimate of drug-likeness (QED) is 0.773. The van der Waals surface area contributed by atoms with Crippen molar-refractivity contribution < 1.29 is 15.0 Å². The molecule has 0 aliphatic rings. The van der Waals surface area contributed by atoms with Gasteiger partial charge in [-0.15, -0.1) is 0 Å². The Hall–Kier alpha value is -2.72. The summed E-state index contributed by atoms with van der Waals surface area (Å²) in [5.41, 5.74) is 2.38. The summed E-state index contributed by atoms with van der Waals surface area (Å²) in [7, 11) is 0. The lowest BCUT2D eigenvalue weighted by Gasteiger charge is -2.09. The predicted octanol–water partition coefficient (Wildman–Crippen LogP) is 3.02. The number of aromatic nitrogens is 1. The number of carbonyl (C=O) groups is 1. The van der Waals surface area contributed by atoms with Gasteiger partial charge in [0.15, 0.2) is 6.10 Å². The van der Waals surface area contributed by atoms with Gasteiger partial charge in [-0.2, -0.15) is 0 Å². The van der Waals surface area contributed by atoms with Crippen LogP contribution >= 0.6 is 0 Å². The summed E-state index contributed by atoms with van der Waals surface area (Å²) < 4.78 is 0. The van der Waals surface area contributed by atoms with Crippen LogP contribution in [0.1, 0.15) is 11.7 Å². The summed E-state index contributed by atoms with van der Waals surface area (Å²) in [6, 6.07) is 14.8. The monoisotopic (exact) mass is 279 g/mol. The Labute approximate surface area is 121 Å². The van der Waals surface area contributed by atoms with E-state index in [0.29, 0.717) is 5.56 Å². The van der Waals surface area contributed by atoms with Crippen molar-refractivity contribution in [2.45, 2.75) is 6.10 Å². The molecular formula is C17H13NO3. The molecular weight excluding hydrogens is 266 g/mol. The first-order valence-electron chi connectivity index (χ1n) is 6.51. The van der Waals surface area contributed by atoms with E-state index in [4.69, 9.17) is 5.11 Å². The van der Waals surface area contributed by atoms with Gasteiger partial charge in [-0.25, -0.2) is 4.79 Å². The SMILES string of the molecule is O=C(O)C(O)c1ccc(-c2cccc3cnccc23)cc1.